The molecule has 4 rings (SSSR count). The number of ether oxygens (including phenoxy) is 2. The second-order valence-corrected chi connectivity index (χ2v) is 7.90. The van der Waals surface area contributed by atoms with Crippen LogP contribution in [0.1, 0.15) is 11.1 Å². The largest absolute Gasteiger partial charge is 0.497 e. The molecule has 2 atom stereocenters. The Labute approximate surface area is 168 Å². The molecule has 0 spiro atoms. The van der Waals surface area contributed by atoms with Crippen molar-refractivity contribution in [3.8, 4) is 11.5 Å². The van der Waals surface area contributed by atoms with Gasteiger partial charge in [0.25, 0.3) is 0 Å². The third kappa shape index (κ3) is 3.42. The van der Waals surface area contributed by atoms with Gasteiger partial charge in [-0.05, 0) is 35.4 Å². The molecule has 2 unspecified atom stereocenters. The van der Waals surface area contributed by atoms with E-state index in [1.54, 1.807) is 19.1 Å². The Kier molecular flexibility index (Phi) is 5.17. The van der Waals surface area contributed by atoms with Gasteiger partial charge >= 0.3 is 6.03 Å². The van der Waals surface area contributed by atoms with Crippen LogP contribution >= 0.6 is 11.8 Å². The van der Waals surface area contributed by atoms with E-state index >= 15 is 0 Å². The second kappa shape index (κ2) is 7.75. The molecule has 2 fully saturated rings. The molecular weight excluding hydrogens is 376 g/mol. The van der Waals surface area contributed by atoms with E-state index in [2.05, 4.69) is 0 Å². The first-order valence-electron chi connectivity index (χ1n) is 9.10. The monoisotopic (exact) mass is 398 g/mol. The van der Waals surface area contributed by atoms with Crippen molar-refractivity contribution < 1.29 is 19.1 Å². The maximum absolute atomic E-state index is 13.2. The third-order valence-corrected chi connectivity index (χ3v) is 6.29. The maximum atomic E-state index is 13.2. The smallest absolute Gasteiger partial charge is 0.321 e. The van der Waals surface area contributed by atoms with Crippen LogP contribution < -0.4 is 9.47 Å². The lowest BCUT2D eigenvalue weighted by molar-refractivity contribution is -0.114. The number of thioether (sulfide) groups is 1. The van der Waals surface area contributed by atoms with Crippen LogP contribution in [0.5, 0.6) is 11.5 Å². The van der Waals surface area contributed by atoms with Crippen LogP contribution in [0.15, 0.2) is 48.5 Å². The van der Waals surface area contributed by atoms with Gasteiger partial charge in [-0.3, -0.25) is 4.79 Å². The molecule has 2 aliphatic heterocycles. The van der Waals surface area contributed by atoms with Crippen molar-refractivity contribution >= 4 is 22.9 Å². The molecule has 2 aromatic rings. The van der Waals surface area contributed by atoms with E-state index in [9.17, 15) is 9.59 Å². The minimum Gasteiger partial charge on any atom is -0.497 e. The van der Waals surface area contributed by atoms with E-state index in [-0.39, 0.29) is 17.2 Å². The van der Waals surface area contributed by atoms with E-state index < -0.39 is 6.04 Å². The molecule has 2 aromatic carbocycles. The average molecular weight is 398 g/mol. The van der Waals surface area contributed by atoms with E-state index in [0.717, 1.165) is 22.6 Å². The number of urea groups is 1. The average Bonchev–Trinajstić information content (AvgIpc) is 3.22. The van der Waals surface area contributed by atoms with Crippen molar-refractivity contribution in [1.29, 1.82) is 0 Å². The Morgan fingerprint density at radius 2 is 1.36 bits per heavy atom. The highest BCUT2D eigenvalue weighted by Crippen LogP contribution is 2.37. The second-order valence-electron chi connectivity index (χ2n) is 6.88. The number of carbonyl (C=O) groups is 2. The first kappa shape index (κ1) is 18.7. The van der Waals surface area contributed by atoms with Gasteiger partial charge in [-0.15, -0.1) is 0 Å². The summed E-state index contributed by atoms with van der Waals surface area (Å²) in [6, 6.07) is 14.7. The van der Waals surface area contributed by atoms with Gasteiger partial charge in [-0.2, -0.15) is 0 Å². The molecule has 2 amide bonds. The molecule has 7 heteroatoms. The first-order chi connectivity index (χ1) is 13.6. The topological polar surface area (TPSA) is 59.1 Å². The van der Waals surface area contributed by atoms with Gasteiger partial charge in [0, 0.05) is 18.8 Å². The van der Waals surface area contributed by atoms with Gasteiger partial charge in [-0.25, -0.2) is 4.79 Å². The molecule has 2 saturated heterocycles. The van der Waals surface area contributed by atoms with Crippen molar-refractivity contribution in [3.05, 3.63) is 59.7 Å². The van der Waals surface area contributed by atoms with Gasteiger partial charge in [0.1, 0.15) is 17.5 Å². The van der Waals surface area contributed by atoms with Gasteiger partial charge in [0.05, 0.1) is 20.3 Å². The van der Waals surface area contributed by atoms with E-state index in [4.69, 9.17) is 9.47 Å². The zero-order valence-electron chi connectivity index (χ0n) is 15.8. The molecule has 0 N–H and O–H groups in total. The van der Waals surface area contributed by atoms with Crippen LogP contribution in [0.25, 0.3) is 0 Å². The molecule has 0 bridgehead atoms. The highest BCUT2D eigenvalue weighted by molar-refractivity contribution is 8.14. The highest BCUT2D eigenvalue weighted by Gasteiger charge is 2.52. The summed E-state index contributed by atoms with van der Waals surface area (Å²) in [5.74, 6) is 2.19. The summed E-state index contributed by atoms with van der Waals surface area (Å²) in [4.78, 5) is 29.2. The van der Waals surface area contributed by atoms with Gasteiger partial charge in [0.15, 0.2) is 0 Å². The quantitative estimate of drug-likeness (QED) is 0.700. The SMILES string of the molecule is COc1ccc(CN2C(=O)N(Cc3ccc(OC)cc3)C3C(=O)SCC32)cc1. The predicted molar refractivity (Wildman–Crippen MR) is 108 cm³/mol. The summed E-state index contributed by atoms with van der Waals surface area (Å²) in [5.41, 5.74) is 1.99. The number of amides is 2. The Bertz CT molecular complexity index is 869. The molecule has 6 nitrogen and oxygen atoms in total. The number of benzene rings is 2. The normalized spacial score (nSPS) is 21.2. The summed E-state index contributed by atoms with van der Waals surface area (Å²) < 4.78 is 10.4. The molecule has 2 heterocycles. The molecule has 2 aliphatic rings. The van der Waals surface area contributed by atoms with Crippen LogP contribution in [0.2, 0.25) is 0 Å². The van der Waals surface area contributed by atoms with Crippen LogP contribution in [-0.2, 0) is 17.9 Å². The summed E-state index contributed by atoms with van der Waals surface area (Å²) in [5, 5.41) is 0.0732. The number of methoxy groups -OCH3 is 2. The summed E-state index contributed by atoms with van der Waals surface area (Å²) in [7, 11) is 3.25. The maximum Gasteiger partial charge on any atom is 0.321 e. The number of nitrogens with zero attached hydrogens (tertiary/aromatic N) is 2. The van der Waals surface area contributed by atoms with Gasteiger partial charge in [0.2, 0.25) is 5.12 Å². The van der Waals surface area contributed by atoms with E-state index in [1.165, 1.54) is 11.8 Å². The Morgan fingerprint density at radius 3 is 1.86 bits per heavy atom. The van der Waals surface area contributed by atoms with Crippen molar-refractivity contribution in [1.82, 2.24) is 9.80 Å². The van der Waals surface area contributed by atoms with Crippen molar-refractivity contribution in [2.45, 2.75) is 25.2 Å². The number of fused-ring (bicyclic) bond motifs is 1. The summed E-state index contributed by atoms with van der Waals surface area (Å²) in [6.07, 6.45) is 0. The number of hydrogen-bond acceptors (Lipinski definition) is 5. The van der Waals surface area contributed by atoms with Crippen LogP contribution in [0.4, 0.5) is 4.79 Å². The first-order valence-corrected chi connectivity index (χ1v) is 10.1. The number of hydrogen-bond donors (Lipinski definition) is 0. The lowest BCUT2D eigenvalue weighted by atomic mass is 10.1. The Morgan fingerprint density at radius 1 is 0.857 bits per heavy atom. The van der Waals surface area contributed by atoms with Gasteiger partial charge in [-0.1, -0.05) is 36.0 Å². The lowest BCUT2D eigenvalue weighted by Gasteiger charge is -2.22. The molecule has 0 radical (unpaired) electrons. The number of rotatable bonds is 6. The molecule has 0 aromatic heterocycles. The Hall–Kier alpha value is -2.67. The van der Waals surface area contributed by atoms with Crippen molar-refractivity contribution in [2.24, 2.45) is 0 Å². The standard InChI is InChI=1S/C21H22N2O4S/c1-26-16-7-3-14(4-8-16)11-22-18-13-28-20(24)19(18)23(21(22)25)12-15-5-9-17(27-2)10-6-15/h3-10,18-19H,11-13H2,1-2H3. The van der Waals surface area contributed by atoms with Crippen LogP contribution in [0, 0.1) is 0 Å². The molecule has 0 aliphatic carbocycles. The minimum absolute atomic E-state index is 0.0732. The van der Waals surface area contributed by atoms with E-state index in [1.807, 2.05) is 53.4 Å². The predicted octanol–water partition coefficient (Wildman–Crippen LogP) is 3.15. The Balaban J connectivity index is 1.55. The summed E-state index contributed by atoms with van der Waals surface area (Å²) in [6.45, 7) is 0.895. The van der Waals surface area contributed by atoms with Gasteiger partial charge < -0.3 is 19.3 Å². The molecule has 0 saturated carbocycles. The van der Waals surface area contributed by atoms with E-state index in [0.29, 0.717) is 18.8 Å². The fourth-order valence-corrected chi connectivity index (χ4v) is 4.88. The molecule has 28 heavy (non-hydrogen) atoms. The van der Waals surface area contributed by atoms with Crippen molar-refractivity contribution in [3.63, 3.8) is 0 Å². The van der Waals surface area contributed by atoms with Crippen LogP contribution in [0.3, 0.4) is 0 Å². The lowest BCUT2D eigenvalue weighted by Crippen LogP contribution is -2.38. The minimum atomic E-state index is -0.391. The van der Waals surface area contributed by atoms with Crippen molar-refractivity contribution in [2.75, 3.05) is 20.0 Å². The summed E-state index contributed by atoms with van der Waals surface area (Å²) >= 11 is 1.32. The molecular formula is C21H22N2O4S. The number of carbonyl (C=O) groups excluding carboxylic acids is 2. The zero-order chi connectivity index (χ0) is 19.7. The molecule has 146 valence electrons. The van der Waals surface area contributed by atoms with Crippen LogP contribution in [-0.4, -0.2) is 53.0 Å². The highest BCUT2D eigenvalue weighted by atomic mass is 32.2. The fraction of sp³-hybridized carbons (Fsp3) is 0.333. The third-order valence-electron chi connectivity index (χ3n) is 5.25. The zero-order valence-corrected chi connectivity index (χ0v) is 16.6. The fourth-order valence-electron chi connectivity index (χ4n) is 3.73.